The SMILES string of the molecule is COc1c2c(cc3c1C(CC(=O)C14CC5CC(CC(C5)C1)C4)N(C)CC3)OCO2. The maximum Gasteiger partial charge on any atom is 0.231 e. The molecule has 0 radical (unpaired) electrons. The number of fused-ring (bicyclic) bond motifs is 2. The van der Waals surface area contributed by atoms with Crippen molar-refractivity contribution in [3.63, 3.8) is 0 Å². The van der Waals surface area contributed by atoms with Crippen LogP contribution < -0.4 is 14.2 Å². The smallest absolute Gasteiger partial charge is 0.231 e. The summed E-state index contributed by atoms with van der Waals surface area (Å²) in [5.41, 5.74) is 2.34. The van der Waals surface area contributed by atoms with Crippen molar-refractivity contribution in [2.75, 3.05) is 27.5 Å². The largest absolute Gasteiger partial charge is 0.492 e. The van der Waals surface area contributed by atoms with Crippen molar-refractivity contribution in [2.24, 2.45) is 23.2 Å². The van der Waals surface area contributed by atoms with Crippen molar-refractivity contribution in [2.45, 2.75) is 57.4 Å². The van der Waals surface area contributed by atoms with E-state index < -0.39 is 0 Å². The highest BCUT2D eigenvalue weighted by Gasteiger charge is 2.54. The first-order valence-corrected chi connectivity index (χ1v) is 11.3. The monoisotopic (exact) mass is 397 g/mol. The van der Waals surface area contributed by atoms with Crippen LogP contribution in [0.2, 0.25) is 0 Å². The van der Waals surface area contributed by atoms with Crippen LogP contribution in [0.3, 0.4) is 0 Å². The highest BCUT2D eigenvalue weighted by Crippen LogP contribution is 2.61. The summed E-state index contributed by atoms with van der Waals surface area (Å²) in [7, 11) is 3.84. The van der Waals surface area contributed by atoms with Gasteiger partial charge in [-0.25, -0.2) is 0 Å². The predicted molar refractivity (Wildman–Crippen MR) is 108 cm³/mol. The molecule has 156 valence electrons. The summed E-state index contributed by atoms with van der Waals surface area (Å²) in [5.74, 6) is 5.13. The number of likely N-dealkylation sites (N-methyl/N-ethyl adjacent to an activating group) is 1. The molecule has 0 amide bonds. The van der Waals surface area contributed by atoms with E-state index in [9.17, 15) is 4.79 Å². The molecule has 0 saturated heterocycles. The zero-order valence-corrected chi connectivity index (χ0v) is 17.5. The zero-order valence-electron chi connectivity index (χ0n) is 17.5. The summed E-state index contributed by atoms with van der Waals surface area (Å²) in [5, 5.41) is 0. The number of hydrogen-bond acceptors (Lipinski definition) is 5. The number of rotatable bonds is 4. The molecule has 2 heterocycles. The molecule has 0 aromatic heterocycles. The van der Waals surface area contributed by atoms with Crippen LogP contribution >= 0.6 is 0 Å². The van der Waals surface area contributed by atoms with Gasteiger partial charge in [0.15, 0.2) is 11.5 Å². The maximum absolute atomic E-state index is 13.8. The van der Waals surface area contributed by atoms with Crippen LogP contribution in [-0.2, 0) is 11.2 Å². The molecule has 4 saturated carbocycles. The third-order valence-corrected chi connectivity index (χ3v) is 8.56. The number of ketones is 1. The molecular formula is C24H31NO4. The Bertz CT molecular complexity index is 828. The van der Waals surface area contributed by atoms with Crippen LogP contribution in [0.5, 0.6) is 17.2 Å². The van der Waals surface area contributed by atoms with E-state index >= 15 is 0 Å². The van der Waals surface area contributed by atoms with Crippen molar-refractivity contribution in [1.82, 2.24) is 4.90 Å². The van der Waals surface area contributed by atoms with Crippen LogP contribution in [0.15, 0.2) is 6.07 Å². The molecule has 1 aromatic carbocycles. The molecule has 5 nitrogen and oxygen atoms in total. The van der Waals surface area contributed by atoms with Crippen molar-refractivity contribution < 1.29 is 19.0 Å². The predicted octanol–water partition coefficient (Wildman–Crippen LogP) is 4.13. The Morgan fingerprint density at radius 3 is 2.52 bits per heavy atom. The maximum atomic E-state index is 13.8. The van der Waals surface area contributed by atoms with Gasteiger partial charge in [0.2, 0.25) is 12.5 Å². The van der Waals surface area contributed by atoms with E-state index in [4.69, 9.17) is 14.2 Å². The molecule has 2 aliphatic heterocycles. The Morgan fingerprint density at radius 1 is 1.17 bits per heavy atom. The Kier molecular flexibility index (Phi) is 3.97. The zero-order chi connectivity index (χ0) is 19.8. The average molecular weight is 398 g/mol. The summed E-state index contributed by atoms with van der Waals surface area (Å²) in [4.78, 5) is 16.2. The van der Waals surface area contributed by atoms with Crippen LogP contribution in [-0.4, -0.2) is 38.2 Å². The number of Topliss-reactive ketones (excluding diaryl/α,β-unsaturated/α-hetero) is 1. The number of methoxy groups -OCH3 is 1. The fraction of sp³-hybridized carbons (Fsp3) is 0.708. The lowest BCUT2D eigenvalue weighted by Gasteiger charge is -2.56. The third kappa shape index (κ3) is 2.66. The van der Waals surface area contributed by atoms with E-state index in [1.807, 2.05) is 0 Å². The van der Waals surface area contributed by atoms with E-state index in [-0.39, 0.29) is 18.2 Å². The van der Waals surface area contributed by atoms with Gasteiger partial charge < -0.3 is 14.2 Å². The second-order valence-corrected chi connectivity index (χ2v) is 10.3. The van der Waals surface area contributed by atoms with Crippen LogP contribution in [0.4, 0.5) is 0 Å². The van der Waals surface area contributed by atoms with Crippen molar-refractivity contribution in [3.8, 4) is 17.2 Å². The third-order valence-electron chi connectivity index (χ3n) is 8.56. The number of hydrogen-bond donors (Lipinski definition) is 0. The summed E-state index contributed by atoms with van der Waals surface area (Å²) in [6.07, 6.45) is 9.06. The normalized spacial score (nSPS) is 36.9. The van der Waals surface area contributed by atoms with Gasteiger partial charge in [-0.2, -0.15) is 0 Å². The highest BCUT2D eigenvalue weighted by molar-refractivity contribution is 5.86. The number of carbonyl (C=O) groups excluding carboxylic acids is 1. The summed E-state index contributed by atoms with van der Waals surface area (Å²) >= 11 is 0. The molecule has 6 aliphatic rings. The molecule has 29 heavy (non-hydrogen) atoms. The van der Waals surface area contributed by atoms with Gasteiger partial charge in [-0.1, -0.05) is 0 Å². The lowest BCUT2D eigenvalue weighted by Crippen LogP contribution is -2.50. The van der Waals surface area contributed by atoms with Gasteiger partial charge in [0, 0.05) is 30.0 Å². The van der Waals surface area contributed by atoms with Gasteiger partial charge in [-0.15, -0.1) is 0 Å². The molecule has 1 unspecified atom stereocenters. The summed E-state index contributed by atoms with van der Waals surface area (Å²) < 4.78 is 17.2. The van der Waals surface area contributed by atoms with Crippen LogP contribution in [0.25, 0.3) is 0 Å². The number of carbonyl (C=O) groups is 1. The van der Waals surface area contributed by atoms with E-state index in [2.05, 4.69) is 18.0 Å². The Balaban J connectivity index is 1.35. The lowest BCUT2D eigenvalue weighted by molar-refractivity contribution is -0.145. The molecule has 1 aromatic rings. The van der Waals surface area contributed by atoms with Gasteiger partial charge in [0.1, 0.15) is 5.78 Å². The summed E-state index contributed by atoms with van der Waals surface area (Å²) in [6, 6.07) is 2.17. The van der Waals surface area contributed by atoms with Gasteiger partial charge >= 0.3 is 0 Å². The van der Waals surface area contributed by atoms with Gasteiger partial charge in [0.05, 0.1) is 7.11 Å². The van der Waals surface area contributed by atoms with Crippen molar-refractivity contribution in [3.05, 3.63) is 17.2 Å². The van der Waals surface area contributed by atoms with Crippen LogP contribution in [0.1, 0.15) is 62.1 Å². The second kappa shape index (κ2) is 6.37. The minimum absolute atomic E-state index is 0.0449. The molecule has 5 heteroatoms. The van der Waals surface area contributed by atoms with E-state index in [1.165, 1.54) is 24.8 Å². The molecule has 0 spiro atoms. The molecule has 4 bridgehead atoms. The molecule has 7 rings (SSSR count). The van der Waals surface area contributed by atoms with Gasteiger partial charge in [-0.3, -0.25) is 9.69 Å². The standard InChI is InChI=1S/C24H31NO4/c1-25-4-3-17-8-19-22(29-13-28-19)23(27-2)21(17)18(25)9-20(26)24-10-14-5-15(11-24)7-16(6-14)12-24/h8,14-16,18H,3-7,9-13H2,1-2H3. The van der Waals surface area contributed by atoms with Crippen molar-refractivity contribution >= 4 is 5.78 Å². The molecule has 4 fully saturated rings. The molecule has 0 N–H and O–H groups in total. The minimum atomic E-state index is -0.0449. The Hall–Kier alpha value is -1.75. The topological polar surface area (TPSA) is 48.0 Å². The van der Waals surface area contributed by atoms with Crippen molar-refractivity contribution in [1.29, 1.82) is 0 Å². The second-order valence-electron chi connectivity index (χ2n) is 10.3. The first-order valence-electron chi connectivity index (χ1n) is 11.3. The first-order chi connectivity index (χ1) is 14.1. The Morgan fingerprint density at radius 2 is 1.86 bits per heavy atom. The average Bonchev–Trinajstić information content (AvgIpc) is 3.15. The molecule has 1 atom stereocenters. The summed E-state index contributed by atoms with van der Waals surface area (Å²) in [6.45, 7) is 1.19. The highest BCUT2D eigenvalue weighted by atomic mass is 16.7. The minimum Gasteiger partial charge on any atom is -0.492 e. The van der Waals surface area contributed by atoms with E-state index in [0.29, 0.717) is 18.0 Å². The van der Waals surface area contributed by atoms with Gasteiger partial charge in [0.25, 0.3) is 0 Å². The van der Waals surface area contributed by atoms with E-state index in [0.717, 1.165) is 67.0 Å². The lowest BCUT2D eigenvalue weighted by atomic mass is 9.48. The molecule has 4 aliphatic carbocycles. The first kappa shape index (κ1) is 18.1. The van der Waals surface area contributed by atoms with Gasteiger partial charge in [-0.05, 0) is 81.4 Å². The van der Waals surface area contributed by atoms with E-state index in [1.54, 1.807) is 7.11 Å². The molecular weight excluding hydrogens is 366 g/mol. The van der Waals surface area contributed by atoms with Crippen LogP contribution in [0, 0.1) is 23.2 Å². The Labute approximate surface area is 172 Å². The number of nitrogens with zero attached hydrogens (tertiary/aromatic N) is 1. The quantitative estimate of drug-likeness (QED) is 0.765. The fourth-order valence-electron chi connectivity index (χ4n) is 7.63. The number of benzene rings is 1. The number of ether oxygens (including phenoxy) is 3. The fourth-order valence-corrected chi connectivity index (χ4v) is 7.63.